The molecule has 1 aliphatic rings. The number of carbonyl (C=O) groups is 1. The number of anilines is 1. The van der Waals surface area contributed by atoms with Gasteiger partial charge in [0.05, 0.1) is 12.1 Å². The molecule has 3 N–H and O–H groups in total. The average molecular weight is 593 g/mol. The van der Waals surface area contributed by atoms with Crippen molar-refractivity contribution in [2.75, 3.05) is 12.3 Å². The lowest BCUT2D eigenvalue weighted by Crippen LogP contribution is -2.49. The third-order valence-electron chi connectivity index (χ3n) is 7.61. The first kappa shape index (κ1) is 31.6. The minimum absolute atomic E-state index is 0.0517. The number of aryl methyl sites for hydroxylation is 2. The van der Waals surface area contributed by atoms with Crippen LogP contribution in [0.3, 0.4) is 0 Å². The molecule has 1 amide bonds. The van der Waals surface area contributed by atoms with E-state index in [1.165, 1.54) is 0 Å². The maximum Gasteiger partial charge on any atom is 0.262 e. The Labute approximate surface area is 254 Å². The van der Waals surface area contributed by atoms with Gasteiger partial charge in [0.1, 0.15) is 12.3 Å². The van der Waals surface area contributed by atoms with Crippen LogP contribution >= 0.6 is 12.0 Å². The molecule has 4 rings (SSSR count). The van der Waals surface area contributed by atoms with Gasteiger partial charge in [0.15, 0.2) is 0 Å². The fourth-order valence-corrected chi connectivity index (χ4v) is 6.19. The molecule has 0 aliphatic heterocycles. The Morgan fingerprint density at radius 3 is 2.36 bits per heavy atom. The van der Waals surface area contributed by atoms with Crippen molar-refractivity contribution in [3.63, 3.8) is 0 Å². The molecule has 0 saturated heterocycles. The van der Waals surface area contributed by atoms with E-state index >= 15 is 0 Å². The molecular formula is C33H44N4O4S. The van der Waals surface area contributed by atoms with Crippen LogP contribution in [0.1, 0.15) is 81.3 Å². The molecular weight excluding hydrogens is 548 g/mol. The molecule has 2 aromatic carbocycles. The Balaban J connectivity index is 1.74. The van der Waals surface area contributed by atoms with E-state index in [1.807, 2.05) is 56.9 Å². The van der Waals surface area contributed by atoms with Crippen molar-refractivity contribution in [1.82, 2.24) is 14.9 Å². The Kier molecular flexibility index (Phi) is 10.7. The third kappa shape index (κ3) is 7.55. The van der Waals surface area contributed by atoms with Crippen molar-refractivity contribution in [2.45, 2.75) is 96.7 Å². The Hall–Kier alpha value is -3.30. The second kappa shape index (κ2) is 14.2. The first-order valence-corrected chi connectivity index (χ1v) is 15.6. The maximum absolute atomic E-state index is 14.1. The summed E-state index contributed by atoms with van der Waals surface area (Å²) in [5.74, 6) is 1.10. The summed E-state index contributed by atoms with van der Waals surface area (Å²) in [6.45, 7) is 12.5. The number of nitrogens with zero attached hydrogens (tertiary/aromatic N) is 3. The van der Waals surface area contributed by atoms with Gasteiger partial charge in [0.25, 0.3) is 11.8 Å². The molecule has 0 spiro atoms. The van der Waals surface area contributed by atoms with Gasteiger partial charge in [-0.25, -0.2) is 4.98 Å². The Morgan fingerprint density at radius 1 is 1.07 bits per heavy atom. The highest BCUT2D eigenvalue weighted by atomic mass is 32.2. The number of hydrogen-bond acceptors (Lipinski definition) is 8. The summed E-state index contributed by atoms with van der Waals surface area (Å²) in [7, 11) is 0. The van der Waals surface area contributed by atoms with E-state index in [4.69, 9.17) is 15.2 Å². The van der Waals surface area contributed by atoms with Crippen LogP contribution in [0.2, 0.25) is 0 Å². The predicted octanol–water partition coefficient (Wildman–Crippen LogP) is 7.57. The first-order valence-electron chi connectivity index (χ1n) is 14.9. The molecule has 226 valence electrons. The van der Waals surface area contributed by atoms with Crippen LogP contribution in [0, 0.1) is 19.8 Å². The zero-order valence-corrected chi connectivity index (χ0v) is 26.4. The van der Waals surface area contributed by atoms with Crippen LogP contribution in [-0.2, 0) is 0 Å². The number of hydrogen-bond donors (Lipinski definition) is 2. The fourth-order valence-electron chi connectivity index (χ4n) is 5.87. The molecule has 0 radical (unpaired) electrons. The normalized spacial score (nSPS) is 14.4. The largest absolute Gasteiger partial charge is 0.484 e. The van der Waals surface area contributed by atoms with Crippen molar-refractivity contribution in [3.8, 4) is 22.9 Å². The second-order valence-corrected chi connectivity index (χ2v) is 12.5. The monoisotopic (exact) mass is 592 g/mol. The van der Waals surface area contributed by atoms with Gasteiger partial charge in [-0.2, -0.15) is 4.98 Å². The summed E-state index contributed by atoms with van der Waals surface area (Å²) in [4.78, 5) is 25.9. The minimum Gasteiger partial charge on any atom is -0.484 e. The third-order valence-corrected chi connectivity index (χ3v) is 8.08. The number of benzene rings is 2. The molecule has 8 nitrogen and oxygen atoms in total. The maximum atomic E-state index is 14.1. The number of nitrogen functional groups attached to an aromatic ring is 1. The Bertz CT molecular complexity index is 1350. The van der Waals surface area contributed by atoms with Crippen LogP contribution in [0.4, 0.5) is 5.95 Å². The highest BCUT2D eigenvalue weighted by Gasteiger charge is 2.35. The predicted molar refractivity (Wildman–Crippen MR) is 169 cm³/mol. The number of rotatable bonds is 12. The van der Waals surface area contributed by atoms with Gasteiger partial charge in [-0.15, -0.1) is 0 Å². The van der Waals surface area contributed by atoms with E-state index in [9.17, 15) is 9.35 Å². The van der Waals surface area contributed by atoms with E-state index in [-0.39, 0.29) is 42.5 Å². The Morgan fingerprint density at radius 2 is 1.74 bits per heavy atom. The fraction of sp³-hybridized carbons (Fsp3) is 0.485. The van der Waals surface area contributed by atoms with Gasteiger partial charge in [0, 0.05) is 34.1 Å². The van der Waals surface area contributed by atoms with Crippen molar-refractivity contribution in [2.24, 2.45) is 5.92 Å². The van der Waals surface area contributed by atoms with Gasteiger partial charge in [0.2, 0.25) is 11.7 Å². The summed E-state index contributed by atoms with van der Waals surface area (Å²) in [6.07, 6.45) is 4.68. The smallest absolute Gasteiger partial charge is 0.262 e. The van der Waals surface area contributed by atoms with E-state index < -0.39 is 0 Å². The lowest BCUT2D eigenvalue weighted by Gasteiger charge is -2.37. The average Bonchev–Trinajstić information content (AvgIpc) is 3.47. The van der Waals surface area contributed by atoms with Crippen molar-refractivity contribution >= 4 is 23.9 Å². The summed E-state index contributed by atoms with van der Waals surface area (Å²) in [6, 6.07) is 13.1. The second-order valence-electron chi connectivity index (χ2n) is 11.9. The summed E-state index contributed by atoms with van der Waals surface area (Å²) >= 11 is 0.645. The van der Waals surface area contributed by atoms with Crippen molar-refractivity contribution in [3.05, 3.63) is 59.2 Å². The lowest BCUT2D eigenvalue weighted by molar-refractivity contribution is 0.0442. The van der Waals surface area contributed by atoms with Gasteiger partial charge in [-0.05, 0) is 82.2 Å². The highest BCUT2D eigenvalue weighted by Crippen LogP contribution is 2.40. The standard InChI is InChI=1S/C33H44N4O4S/c1-20(2)17-26(37(25-14-7-8-15-25)32(38)24-13-10-16-27(18-24)42-39)19-40-31-30(41-21(3)4)29(35-33(34)36-31)28-22(5)11-9-12-23(28)6/h9-13,16,18,20-21,25-26,39H,7-8,14-15,17,19H2,1-6H3,(H2,34,35,36)/t26-/m1/s1. The van der Waals surface area contributed by atoms with Crippen LogP contribution in [0.25, 0.3) is 11.3 Å². The van der Waals surface area contributed by atoms with Crippen LogP contribution < -0.4 is 15.2 Å². The highest BCUT2D eigenvalue weighted by molar-refractivity contribution is 7.93. The first-order chi connectivity index (χ1) is 20.1. The summed E-state index contributed by atoms with van der Waals surface area (Å²) < 4.78 is 22.4. The number of ether oxygens (including phenoxy) is 2. The van der Waals surface area contributed by atoms with Crippen LogP contribution in [-0.4, -0.2) is 50.1 Å². The zero-order valence-electron chi connectivity index (χ0n) is 25.6. The van der Waals surface area contributed by atoms with E-state index in [1.54, 1.807) is 18.2 Å². The molecule has 1 heterocycles. The van der Waals surface area contributed by atoms with Crippen LogP contribution in [0.15, 0.2) is 47.4 Å². The molecule has 1 fully saturated rings. The van der Waals surface area contributed by atoms with E-state index in [0.717, 1.165) is 48.8 Å². The quantitative estimate of drug-likeness (QED) is 0.207. The van der Waals surface area contributed by atoms with E-state index in [0.29, 0.717) is 39.9 Å². The molecule has 9 heteroatoms. The van der Waals surface area contributed by atoms with Gasteiger partial charge in [-0.3, -0.25) is 4.79 Å². The van der Waals surface area contributed by atoms with Crippen molar-refractivity contribution < 1.29 is 18.8 Å². The molecule has 1 aromatic heterocycles. The summed E-state index contributed by atoms with van der Waals surface area (Å²) in [5, 5.41) is 0. The van der Waals surface area contributed by atoms with Gasteiger partial charge < -0.3 is 24.7 Å². The van der Waals surface area contributed by atoms with Gasteiger partial charge in [-0.1, -0.05) is 51.0 Å². The SMILES string of the molecule is Cc1cccc(C)c1-c1nc(N)nc(OC[C@@H](CC(C)C)N(C(=O)c2cccc(SO)c2)C2CCCC2)c1OC(C)C. The number of amides is 1. The molecule has 0 unspecified atom stereocenters. The van der Waals surface area contributed by atoms with E-state index in [2.05, 4.69) is 23.8 Å². The number of nitrogens with two attached hydrogens (primary N) is 1. The summed E-state index contributed by atoms with van der Waals surface area (Å²) in [5.41, 5.74) is 10.4. The topological polar surface area (TPSA) is 111 Å². The molecule has 0 bridgehead atoms. The minimum atomic E-state index is -0.210. The molecule has 1 aliphatic carbocycles. The van der Waals surface area contributed by atoms with Crippen molar-refractivity contribution in [1.29, 1.82) is 0 Å². The molecule has 42 heavy (non-hydrogen) atoms. The zero-order chi connectivity index (χ0) is 30.4. The van der Waals surface area contributed by atoms with Crippen LogP contribution in [0.5, 0.6) is 11.6 Å². The number of carbonyl (C=O) groups excluding carboxylic acids is 1. The van der Waals surface area contributed by atoms with Gasteiger partial charge >= 0.3 is 0 Å². The lowest BCUT2D eigenvalue weighted by atomic mass is 9.99. The molecule has 1 atom stereocenters. The number of aromatic nitrogens is 2. The molecule has 3 aromatic rings. The molecule has 1 saturated carbocycles.